The van der Waals surface area contributed by atoms with Crippen LogP contribution in [0.5, 0.6) is 0 Å². The monoisotopic (exact) mass is 323 g/mol. The van der Waals surface area contributed by atoms with Gasteiger partial charge < -0.3 is 5.11 Å². The molecule has 2 rings (SSSR count). The highest BCUT2D eigenvalue weighted by Gasteiger charge is 2.26. The molecule has 0 heterocycles. The number of nitrogens with one attached hydrogen (secondary N) is 1. The number of benzene rings is 1. The van der Waals surface area contributed by atoms with Gasteiger partial charge in [-0.05, 0) is 37.3 Å². The molecule has 2 N–H and O–H groups in total. The number of hydrogen-bond donors (Lipinski definition) is 2. The SMILES string of the molecule is O=S(=O)(NCC1CCC(O)C1)c1c(Cl)cccc1Cl. The van der Waals surface area contributed by atoms with Crippen molar-refractivity contribution in [3.8, 4) is 0 Å². The molecule has 106 valence electrons. The Morgan fingerprint density at radius 2 is 1.89 bits per heavy atom. The molecule has 4 nitrogen and oxygen atoms in total. The number of aliphatic hydroxyl groups excluding tert-OH is 1. The second-order valence-corrected chi connectivity index (χ2v) is 7.25. The average Bonchev–Trinajstić information content (AvgIpc) is 2.72. The summed E-state index contributed by atoms with van der Waals surface area (Å²) in [5.74, 6) is 0.158. The van der Waals surface area contributed by atoms with Crippen molar-refractivity contribution in [3.63, 3.8) is 0 Å². The van der Waals surface area contributed by atoms with E-state index in [0.717, 1.165) is 12.8 Å². The van der Waals surface area contributed by atoms with Gasteiger partial charge in [0.2, 0.25) is 10.0 Å². The van der Waals surface area contributed by atoms with Gasteiger partial charge in [0.1, 0.15) is 4.90 Å². The van der Waals surface area contributed by atoms with Gasteiger partial charge in [-0.15, -0.1) is 0 Å². The molecule has 0 radical (unpaired) electrons. The molecule has 0 saturated heterocycles. The number of halogens is 2. The number of rotatable bonds is 4. The number of hydrogen-bond acceptors (Lipinski definition) is 3. The highest BCUT2D eigenvalue weighted by Crippen LogP contribution is 2.30. The van der Waals surface area contributed by atoms with Crippen LogP contribution in [0, 0.1) is 5.92 Å². The van der Waals surface area contributed by atoms with E-state index in [1.165, 1.54) is 12.1 Å². The molecule has 0 bridgehead atoms. The van der Waals surface area contributed by atoms with E-state index in [9.17, 15) is 13.5 Å². The summed E-state index contributed by atoms with van der Waals surface area (Å²) in [5.41, 5.74) is 0. The van der Waals surface area contributed by atoms with E-state index in [1.54, 1.807) is 6.07 Å². The topological polar surface area (TPSA) is 66.4 Å². The predicted molar refractivity (Wildman–Crippen MR) is 75.0 cm³/mol. The Hall–Kier alpha value is -0.330. The van der Waals surface area contributed by atoms with Gasteiger partial charge in [-0.3, -0.25) is 0 Å². The van der Waals surface area contributed by atoms with Crippen molar-refractivity contribution in [1.82, 2.24) is 4.72 Å². The van der Waals surface area contributed by atoms with Crippen molar-refractivity contribution in [1.29, 1.82) is 0 Å². The first-order valence-corrected chi connectivity index (χ1v) is 8.26. The van der Waals surface area contributed by atoms with Crippen LogP contribution in [-0.2, 0) is 10.0 Å². The minimum atomic E-state index is -3.72. The molecule has 1 aliphatic rings. The van der Waals surface area contributed by atoms with Gasteiger partial charge in [-0.2, -0.15) is 0 Å². The Balaban J connectivity index is 2.10. The molecule has 1 fully saturated rings. The summed E-state index contributed by atoms with van der Waals surface area (Å²) < 4.78 is 26.9. The van der Waals surface area contributed by atoms with Crippen molar-refractivity contribution < 1.29 is 13.5 Å². The standard InChI is InChI=1S/C12H15Cl2NO3S/c13-10-2-1-3-11(14)12(10)19(17,18)15-7-8-4-5-9(16)6-8/h1-3,8-9,15-16H,4-7H2. The summed E-state index contributed by atoms with van der Waals surface area (Å²) >= 11 is 11.8. The molecule has 2 unspecified atom stereocenters. The maximum Gasteiger partial charge on any atom is 0.243 e. The van der Waals surface area contributed by atoms with Crippen LogP contribution in [0.1, 0.15) is 19.3 Å². The van der Waals surface area contributed by atoms with Crippen molar-refractivity contribution in [2.24, 2.45) is 5.92 Å². The van der Waals surface area contributed by atoms with E-state index in [0.29, 0.717) is 13.0 Å². The highest BCUT2D eigenvalue weighted by molar-refractivity contribution is 7.89. The Bertz CT molecular complexity index is 542. The lowest BCUT2D eigenvalue weighted by Gasteiger charge is -2.13. The zero-order valence-corrected chi connectivity index (χ0v) is 12.5. The van der Waals surface area contributed by atoms with Crippen molar-refractivity contribution in [2.75, 3.05) is 6.54 Å². The zero-order valence-electron chi connectivity index (χ0n) is 10.1. The first kappa shape index (κ1) is 15.1. The molecule has 0 amide bonds. The van der Waals surface area contributed by atoms with Crippen LogP contribution in [0.3, 0.4) is 0 Å². The molecule has 2 atom stereocenters. The third-order valence-electron chi connectivity index (χ3n) is 3.26. The number of aliphatic hydroxyl groups is 1. The lowest BCUT2D eigenvalue weighted by molar-refractivity contribution is 0.178. The van der Waals surface area contributed by atoms with Gasteiger partial charge >= 0.3 is 0 Å². The molecule has 0 spiro atoms. The molecule has 7 heteroatoms. The molecule has 1 aromatic carbocycles. The van der Waals surface area contributed by atoms with Crippen LogP contribution >= 0.6 is 23.2 Å². The predicted octanol–water partition coefficient (Wildman–Crippen LogP) is 2.43. The normalized spacial score (nSPS) is 23.7. The first-order chi connectivity index (χ1) is 8.90. The molecular formula is C12H15Cl2NO3S. The average molecular weight is 324 g/mol. The van der Waals surface area contributed by atoms with E-state index >= 15 is 0 Å². The maximum absolute atomic E-state index is 12.2. The van der Waals surface area contributed by atoms with Gasteiger partial charge in [0.25, 0.3) is 0 Å². The van der Waals surface area contributed by atoms with E-state index in [-0.39, 0.29) is 27.0 Å². The summed E-state index contributed by atoms with van der Waals surface area (Å²) in [4.78, 5) is -0.0862. The van der Waals surface area contributed by atoms with Crippen LogP contribution in [0.2, 0.25) is 10.0 Å². The molecule has 1 aromatic rings. The van der Waals surface area contributed by atoms with Gasteiger partial charge in [0, 0.05) is 6.54 Å². The van der Waals surface area contributed by atoms with Crippen LogP contribution in [0.25, 0.3) is 0 Å². The largest absolute Gasteiger partial charge is 0.393 e. The fraction of sp³-hybridized carbons (Fsp3) is 0.500. The van der Waals surface area contributed by atoms with Crippen LogP contribution < -0.4 is 4.72 Å². The maximum atomic E-state index is 12.2. The fourth-order valence-corrected chi connectivity index (χ4v) is 4.53. The third-order valence-corrected chi connectivity index (χ3v) is 5.64. The Morgan fingerprint density at radius 3 is 2.42 bits per heavy atom. The van der Waals surface area contributed by atoms with Gasteiger partial charge in [-0.1, -0.05) is 29.3 Å². The van der Waals surface area contributed by atoms with Crippen molar-refractivity contribution >= 4 is 33.2 Å². The minimum absolute atomic E-state index is 0.0862. The van der Waals surface area contributed by atoms with Crippen LogP contribution in [0.4, 0.5) is 0 Å². The van der Waals surface area contributed by atoms with Crippen molar-refractivity contribution in [2.45, 2.75) is 30.3 Å². The minimum Gasteiger partial charge on any atom is -0.393 e. The smallest absolute Gasteiger partial charge is 0.243 e. The van der Waals surface area contributed by atoms with Crippen molar-refractivity contribution in [3.05, 3.63) is 28.2 Å². The summed E-state index contributed by atoms with van der Waals surface area (Å²) in [7, 11) is -3.72. The first-order valence-electron chi connectivity index (χ1n) is 6.02. The summed E-state index contributed by atoms with van der Waals surface area (Å²) in [6, 6.07) is 4.57. The van der Waals surface area contributed by atoms with Crippen LogP contribution in [0.15, 0.2) is 23.1 Å². The highest BCUT2D eigenvalue weighted by atomic mass is 35.5. The van der Waals surface area contributed by atoms with E-state index in [2.05, 4.69) is 4.72 Å². The Morgan fingerprint density at radius 1 is 1.26 bits per heavy atom. The van der Waals surface area contributed by atoms with E-state index in [1.807, 2.05) is 0 Å². The second kappa shape index (κ2) is 5.97. The quantitative estimate of drug-likeness (QED) is 0.894. The summed E-state index contributed by atoms with van der Waals surface area (Å²) in [6.07, 6.45) is 1.84. The molecule has 0 aliphatic heterocycles. The zero-order chi connectivity index (χ0) is 14.0. The molecule has 19 heavy (non-hydrogen) atoms. The lowest BCUT2D eigenvalue weighted by Crippen LogP contribution is -2.29. The lowest BCUT2D eigenvalue weighted by atomic mass is 10.1. The van der Waals surface area contributed by atoms with E-state index in [4.69, 9.17) is 23.2 Å². The Kier molecular flexibility index (Phi) is 4.74. The van der Waals surface area contributed by atoms with Gasteiger partial charge in [0.15, 0.2) is 0 Å². The van der Waals surface area contributed by atoms with Gasteiger partial charge in [0.05, 0.1) is 16.1 Å². The summed E-state index contributed by atoms with van der Waals surface area (Å²) in [6.45, 7) is 0.293. The van der Waals surface area contributed by atoms with E-state index < -0.39 is 10.0 Å². The van der Waals surface area contributed by atoms with Gasteiger partial charge in [-0.25, -0.2) is 13.1 Å². The molecule has 1 saturated carbocycles. The second-order valence-electron chi connectivity index (χ2n) is 4.74. The molecule has 1 aliphatic carbocycles. The van der Waals surface area contributed by atoms with Crippen LogP contribution in [-0.4, -0.2) is 26.2 Å². The summed E-state index contributed by atoms with van der Waals surface area (Å²) in [5, 5.41) is 9.62. The Labute approximate surface area is 122 Å². The number of sulfonamides is 1. The molecular weight excluding hydrogens is 309 g/mol. The third kappa shape index (κ3) is 3.61. The fourth-order valence-electron chi connectivity index (χ4n) is 2.27. The molecule has 0 aromatic heterocycles.